The van der Waals surface area contributed by atoms with E-state index in [-0.39, 0.29) is 16.1 Å². The molecular formula is C29H24N2O6S. The number of nitrogens with zero attached hydrogens (tertiary/aromatic N) is 2. The van der Waals surface area contributed by atoms with Crippen molar-refractivity contribution in [3.8, 4) is 28.0 Å². The lowest BCUT2D eigenvalue weighted by atomic mass is 9.99. The number of benzene rings is 3. The number of aliphatic carboxylic acids is 1. The number of hydrogen-bond donors (Lipinski definition) is 2. The zero-order valence-corrected chi connectivity index (χ0v) is 21.4. The molecule has 0 amide bonds. The van der Waals surface area contributed by atoms with Gasteiger partial charge in [0.05, 0.1) is 12.0 Å². The molecular weight excluding hydrogens is 504 g/mol. The van der Waals surface area contributed by atoms with E-state index >= 15 is 0 Å². The maximum Gasteiger partial charge on any atom is 0.337 e. The van der Waals surface area contributed by atoms with Crippen molar-refractivity contribution in [2.45, 2.75) is 17.9 Å². The largest absolute Gasteiger partial charge is 0.496 e. The normalized spacial score (nSPS) is 12.4. The van der Waals surface area contributed by atoms with Crippen LogP contribution in [0.15, 0.2) is 96.2 Å². The number of rotatable bonds is 7. The minimum Gasteiger partial charge on any atom is -0.496 e. The molecule has 0 radical (unpaired) electrons. The molecule has 2 aromatic heterocycles. The molecule has 192 valence electrons. The van der Waals surface area contributed by atoms with Gasteiger partial charge in [-0.2, -0.15) is 0 Å². The predicted octanol–water partition coefficient (Wildman–Crippen LogP) is 5.04. The highest BCUT2D eigenvalue weighted by atomic mass is 32.2. The van der Waals surface area contributed by atoms with Gasteiger partial charge in [-0.25, -0.2) is 22.2 Å². The maximum atomic E-state index is 13.7. The summed E-state index contributed by atoms with van der Waals surface area (Å²) in [4.78, 5) is 16.0. The van der Waals surface area contributed by atoms with E-state index in [1.54, 1.807) is 67.9 Å². The molecule has 0 saturated carbocycles. The number of aliphatic hydroxyl groups is 1. The molecule has 0 spiro atoms. The monoisotopic (exact) mass is 528 g/mol. The van der Waals surface area contributed by atoms with Crippen LogP contribution in [-0.2, 0) is 14.8 Å². The number of carboxylic acid groups (broad SMARTS) is 1. The molecule has 0 saturated heterocycles. The van der Waals surface area contributed by atoms with Crippen LogP contribution in [0.4, 0.5) is 0 Å². The molecule has 8 nitrogen and oxygen atoms in total. The number of pyridine rings is 1. The standard InChI is InChI=1S/C29H24N2O6S/c1-18-10-12-22(13-11-18)38(35,36)31-17-25(23-8-3-4-9-26(23)37-2)24-15-21(16-30-28(24)31)19-6-5-7-20(14-19)27(32)29(33)34/h3-17,27,32H,1-2H3,(H,33,34). The van der Waals surface area contributed by atoms with Gasteiger partial charge in [0, 0.05) is 34.5 Å². The highest BCUT2D eigenvalue weighted by Gasteiger charge is 2.24. The Bertz CT molecular complexity index is 1780. The van der Waals surface area contributed by atoms with Gasteiger partial charge in [-0.15, -0.1) is 0 Å². The molecule has 2 heterocycles. The van der Waals surface area contributed by atoms with Crippen molar-refractivity contribution in [3.63, 3.8) is 0 Å². The first kappa shape index (κ1) is 25.2. The summed E-state index contributed by atoms with van der Waals surface area (Å²) in [5.74, 6) is -0.788. The minimum atomic E-state index is -3.98. The summed E-state index contributed by atoms with van der Waals surface area (Å²) in [5, 5.41) is 19.8. The van der Waals surface area contributed by atoms with Gasteiger partial charge in [0.15, 0.2) is 11.8 Å². The van der Waals surface area contributed by atoms with E-state index in [0.29, 0.717) is 33.4 Å². The van der Waals surface area contributed by atoms with Crippen molar-refractivity contribution in [2.24, 2.45) is 0 Å². The summed E-state index contributed by atoms with van der Waals surface area (Å²) in [6.07, 6.45) is 1.40. The van der Waals surface area contributed by atoms with Gasteiger partial charge in [-0.05, 0) is 48.4 Å². The summed E-state index contributed by atoms with van der Waals surface area (Å²) >= 11 is 0. The molecule has 0 aliphatic heterocycles. The van der Waals surface area contributed by atoms with Gasteiger partial charge >= 0.3 is 5.97 Å². The number of aliphatic hydroxyl groups excluding tert-OH is 1. The first-order valence-corrected chi connectivity index (χ1v) is 13.1. The van der Waals surface area contributed by atoms with Gasteiger partial charge in [0.25, 0.3) is 10.0 Å². The fourth-order valence-electron chi connectivity index (χ4n) is 4.36. The van der Waals surface area contributed by atoms with Crippen LogP contribution in [0, 0.1) is 6.92 Å². The van der Waals surface area contributed by atoms with Crippen molar-refractivity contribution in [1.29, 1.82) is 0 Å². The number of methoxy groups -OCH3 is 1. The third-order valence-corrected chi connectivity index (χ3v) is 8.02. The van der Waals surface area contributed by atoms with Crippen molar-refractivity contribution < 1.29 is 28.2 Å². The fraction of sp³-hybridized carbons (Fsp3) is 0.103. The van der Waals surface area contributed by atoms with Crippen molar-refractivity contribution in [2.75, 3.05) is 7.11 Å². The van der Waals surface area contributed by atoms with Crippen molar-refractivity contribution in [1.82, 2.24) is 8.96 Å². The van der Waals surface area contributed by atoms with Gasteiger partial charge < -0.3 is 14.9 Å². The van der Waals surface area contributed by atoms with E-state index in [4.69, 9.17) is 4.74 Å². The number of hydrogen-bond acceptors (Lipinski definition) is 6. The quantitative estimate of drug-likeness (QED) is 0.304. The molecule has 1 unspecified atom stereocenters. The Hall–Kier alpha value is -4.47. The van der Waals surface area contributed by atoms with Gasteiger partial charge in [0.2, 0.25) is 0 Å². The molecule has 3 aromatic carbocycles. The smallest absolute Gasteiger partial charge is 0.337 e. The molecule has 2 N–H and O–H groups in total. The van der Waals surface area contributed by atoms with Crippen LogP contribution in [0.25, 0.3) is 33.3 Å². The fourth-order valence-corrected chi connectivity index (χ4v) is 5.68. The second-order valence-corrected chi connectivity index (χ2v) is 10.6. The first-order valence-electron chi connectivity index (χ1n) is 11.7. The van der Waals surface area contributed by atoms with Crippen LogP contribution < -0.4 is 4.74 Å². The number of para-hydroxylation sites is 1. The zero-order valence-electron chi connectivity index (χ0n) is 20.6. The van der Waals surface area contributed by atoms with Crippen LogP contribution in [-0.4, -0.2) is 40.7 Å². The average Bonchev–Trinajstić information content (AvgIpc) is 3.32. The van der Waals surface area contributed by atoms with E-state index in [2.05, 4.69) is 4.98 Å². The summed E-state index contributed by atoms with van der Waals surface area (Å²) in [5.41, 5.74) is 3.93. The van der Waals surface area contributed by atoms with Crippen LogP contribution in [0.5, 0.6) is 5.75 Å². The lowest BCUT2D eigenvalue weighted by Crippen LogP contribution is -2.12. The van der Waals surface area contributed by atoms with Gasteiger partial charge in [0.1, 0.15) is 5.75 Å². The molecule has 5 aromatic rings. The number of ether oxygens (including phenoxy) is 1. The van der Waals surface area contributed by atoms with Crippen LogP contribution in [0.1, 0.15) is 17.2 Å². The Morgan fingerprint density at radius 3 is 2.39 bits per heavy atom. The minimum absolute atomic E-state index is 0.132. The van der Waals surface area contributed by atoms with Gasteiger partial charge in [-0.1, -0.05) is 54.1 Å². The molecule has 0 fully saturated rings. The predicted molar refractivity (Wildman–Crippen MR) is 144 cm³/mol. The third kappa shape index (κ3) is 4.42. The molecule has 1 atom stereocenters. The van der Waals surface area contributed by atoms with E-state index in [1.807, 2.05) is 25.1 Å². The molecule has 5 rings (SSSR count). The average molecular weight is 529 g/mol. The van der Waals surface area contributed by atoms with Crippen LogP contribution >= 0.6 is 0 Å². The van der Waals surface area contributed by atoms with E-state index < -0.39 is 22.1 Å². The molecule has 38 heavy (non-hydrogen) atoms. The molecule has 0 bridgehead atoms. The Kier molecular flexibility index (Phi) is 6.48. The lowest BCUT2D eigenvalue weighted by Gasteiger charge is -2.10. The Labute approximate surface area is 219 Å². The third-order valence-electron chi connectivity index (χ3n) is 6.36. The van der Waals surface area contributed by atoms with Crippen molar-refractivity contribution >= 4 is 27.0 Å². The Morgan fingerprint density at radius 1 is 0.947 bits per heavy atom. The highest BCUT2D eigenvalue weighted by Crippen LogP contribution is 2.38. The van der Waals surface area contributed by atoms with Crippen LogP contribution in [0.3, 0.4) is 0 Å². The highest BCUT2D eigenvalue weighted by molar-refractivity contribution is 7.90. The summed E-state index contributed by atoms with van der Waals surface area (Å²) < 4.78 is 34.1. The second kappa shape index (κ2) is 9.77. The Balaban J connectivity index is 1.75. The number of fused-ring (bicyclic) bond motifs is 1. The topological polar surface area (TPSA) is 119 Å². The molecule has 0 aliphatic carbocycles. The summed E-state index contributed by atoms with van der Waals surface area (Å²) in [6.45, 7) is 1.88. The van der Waals surface area contributed by atoms with E-state index in [1.165, 1.54) is 16.2 Å². The summed E-state index contributed by atoms with van der Waals surface area (Å²) in [7, 11) is -2.43. The number of carbonyl (C=O) groups is 1. The van der Waals surface area contributed by atoms with Gasteiger partial charge in [-0.3, -0.25) is 0 Å². The number of aromatic nitrogens is 2. The second-order valence-electron chi connectivity index (χ2n) is 8.82. The maximum absolute atomic E-state index is 13.7. The zero-order chi connectivity index (χ0) is 27.0. The lowest BCUT2D eigenvalue weighted by molar-refractivity contribution is -0.146. The van der Waals surface area contributed by atoms with Crippen molar-refractivity contribution in [3.05, 3.63) is 102 Å². The summed E-state index contributed by atoms with van der Waals surface area (Å²) in [6, 6.07) is 22.2. The van der Waals surface area contributed by atoms with Crippen LogP contribution in [0.2, 0.25) is 0 Å². The van der Waals surface area contributed by atoms with E-state index in [9.17, 15) is 23.4 Å². The first-order chi connectivity index (χ1) is 18.2. The Morgan fingerprint density at radius 2 is 1.68 bits per heavy atom. The SMILES string of the molecule is COc1ccccc1-c1cn(S(=O)(=O)c2ccc(C)cc2)c2ncc(-c3cccc(C(O)C(=O)O)c3)cc12. The molecule has 0 aliphatic rings. The number of carboxylic acids is 1. The number of aryl methyl sites for hydroxylation is 1. The van der Waals surface area contributed by atoms with E-state index in [0.717, 1.165) is 5.56 Å². The molecule has 9 heteroatoms.